The number of halogens is 2. The third-order valence-corrected chi connectivity index (χ3v) is 4.91. The molecule has 1 aliphatic heterocycles. The van der Waals surface area contributed by atoms with Crippen molar-refractivity contribution in [2.75, 3.05) is 31.1 Å². The third kappa shape index (κ3) is 4.45. The number of hydrogen-bond donors (Lipinski definition) is 0. The first-order valence-corrected chi connectivity index (χ1v) is 9.55. The van der Waals surface area contributed by atoms with Gasteiger partial charge in [0.25, 0.3) is 5.91 Å². The molecule has 1 atom stereocenters. The highest BCUT2D eigenvalue weighted by molar-refractivity contribution is 9.10. The molecule has 1 aliphatic rings. The Morgan fingerprint density at radius 2 is 1.88 bits per heavy atom. The molecule has 26 heavy (non-hydrogen) atoms. The number of hydrogen-bond acceptors (Lipinski definition) is 5. The zero-order chi connectivity index (χ0) is 18.7. The maximum absolute atomic E-state index is 12.7. The predicted octanol–water partition coefficient (Wildman–Crippen LogP) is 3.32. The van der Waals surface area contributed by atoms with Crippen LogP contribution in [0.25, 0.3) is 0 Å². The second kappa shape index (κ2) is 8.22. The normalized spacial score (nSPS) is 15.7. The molecule has 0 N–H and O–H groups in total. The van der Waals surface area contributed by atoms with Gasteiger partial charge in [0.05, 0.1) is 4.47 Å². The Kier molecular flexibility index (Phi) is 5.98. The van der Waals surface area contributed by atoms with Crippen LogP contribution in [0.15, 0.2) is 35.1 Å². The Morgan fingerprint density at radius 1 is 1.23 bits per heavy atom. The van der Waals surface area contributed by atoms with Crippen LogP contribution in [-0.4, -0.2) is 53.1 Å². The van der Waals surface area contributed by atoms with Gasteiger partial charge in [-0.25, -0.2) is 9.97 Å². The topological polar surface area (TPSA) is 58.6 Å². The van der Waals surface area contributed by atoms with Gasteiger partial charge in [0.1, 0.15) is 5.75 Å². The summed E-state index contributed by atoms with van der Waals surface area (Å²) in [6.07, 6.45) is 2.90. The van der Waals surface area contributed by atoms with Gasteiger partial charge in [-0.2, -0.15) is 0 Å². The van der Waals surface area contributed by atoms with Crippen molar-refractivity contribution in [2.45, 2.75) is 20.0 Å². The minimum Gasteiger partial charge on any atom is -0.481 e. The Morgan fingerprint density at radius 3 is 2.50 bits per heavy atom. The number of carbonyl (C=O) groups is 1. The van der Waals surface area contributed by atoms with Crippen LogP contribution >= 0.6 is 27.5 Å². The van der Waals surface area contributed by atoms with Crippen molar-refractivity contribution in [3.05, 3.63) is 45.7 Å². The molecule has 0 spiro atoms. The number of nitrogens with zero attached hydrogens (tertiary/aromatic N) is 4. The van der Waals surface area contributed by atoms with Crippen molar-refractivity contribution < 1.29 is 9.53 Å². The van der Waals surface area contributed by atoms with E-state index >= 15 is 0 Å². The fourth-order valence-corrected chi connectivity index (χ4v) is 3.27. The summed E-state index contributed by atoms with van der Waals surface area (Å²) in [5.41, 5.74) is 0.911. The van der Waals surface area contributed by atoms with E-state index in [9.17, 15) is 4.79 Å². The van der Waals surface area contributed by atoms with Crippen molar-refractivity contribution >= 4 is 39.4 Å². The second-order valence-electron chi connectivity index (χ2n) is 6.18. The first kappa shape index (κ1) is 18.9. The molecule has 1 saturated heterocycles. The van der Waals surface area contributed by atoms with Crippen LogP contribution in [0.1, 0.15) is 12.5 Å². The quantitative estimate of drug-likeness (QED) is 0.731. The number of benzene rings is 1. The largest absolute Gasteiger partial charge is 0.481 e. The first-order chi connectivity index (χ1) is 12.4. The van der Waals surface area contributed by atoms with Gasteiger partial charge in [0, 0.05) is 43.6 Å². The van der Waals surface area contributed by atoms with E-state index in [-0.39, 0.29) is 5.91 Å². The summed E-state index contributed by atoms with van der Waals surface area (Å²) in [6.45, 7) is 6.31. The average Bonchev–Trinajstić information content (AvgIpc) is 2.64. The van der Waals surface area contributed by atoms with Crippen LogP contribution in [0.4, 0.5) is 5.95 Å². The fourth-order valence-electron chi connectivity index (χ4n) is 2.84. The van der Waals surface area contributed by atoms with Gasteiger partial charge >= 0.3 is 0 Å². The van der Waals surface area contributed by atoms with Crippen LogP contribution < -0.4 is 9.64 Å². The molecule has 1 unspecified atom stereocenters. The molecule has 1 amide bonds. The van der Waals surface area contributed by atoms with E-state index in [1.165, 1.54) is 0 Å². The number of aryl methyl sites for hydroxylation is 1. The molecule has 1 aromatic heterocycles. The Labute approximate surface area is 166 Å². The number of piperazine rings is 1. The maximum atomic E-state index is 12.7. The molecular weight excluding hydrogens is 420 g/mol. The van der Waals surface area contributed by atoms with Crippen LogP contribution in [0.5, 0.6) is 5.75 Å². The highest BCUT2D eigenvalue weighted by Gasteiger charge is 2.27. The van der Waals surface area contributed by atoms with Gasteiger partial charge < -0.3 is 14.5 Å². The van der Waals surface area contributed by atoms with Crippen molar-refractivity contribution in [3.8, 4) is 5.75 Å². The van der Waals surface area contributed by atoms with E-state index < -0.39 is 6.10 Å². The van der Waals surface area contributed by atoms with Crippen molar-refractivity contribution in [1.29, 1.82) is 0 Å². The van der Waals surface area contributed by atoms with E-state index in [1.54, 1.807) is 31.5 Å². The van der Waals surface area contributed by atoms with Gasteiger partial charge in [-0.05, 0) is 53.5 Å². The average molecular weight is 440 g/mol. The van der Waals surface area contributed by atoms with E-state index in [2.05, 4.69) is 30.8 Å². The van der Waals surface area contributed by atoms with Gasteiger partial charge in [0.15, 0.2) is 6.10 Å². The van der Waals surface area contributed by atoms with Gasteiger partial charge in [-0.3, -0.25) is 4.79 Å². The predicted molar refractivity (Wildman–Crippen MR) is 105 cm³/mol. The van der Waals surface area contributed by atoms with E-state index in [4.69, 9.17) is 16.3 Å². The molecule has 0 aliphatic carbocycles. The van der Waals surface area contributed by atoms with Gasteiger partial charge in [0.2, 0.25) is 5.95 Å². The second-order valence-corrected chi connectivity index (χ2v) is 7.54. The number of anilines is 1. The maximum Gasteiger partial charge on any atom is 0.263 e. The lowest BCUT2D eigenvalue weighted by Crippen LogP contribution is -2.52. The minimum absolute atomic E-state index is 0.0178. The molecule has 1 aromatic carbocycles. The van der Waals surface area contributed by atoms with Crippen molar-refractivity contribution in [1.82, 2.24) is 14.9 Å². The summed E-state index contributed by atoms with van der Waals surface area (Å²) in [6, 6.07) is 5.38. The highest BCUT2D eigenvalue weighted by atomic mass is 79.9. The van der Waals surface area contributed by atoms with Crippen LogP contribution in [0, 0.1) is 6.92 Å². The number of ether oxygens (including phenoxy) is 1. The molecule has 3 rings (SSSR count). The molecule has 0 bridgehead atoms. The lowest BCUT2D eigenvalue weighted by molar-refractivity contribution is -0.138. The SMILES string of the molecule is Cc1cc(Cl)ccc1OC(C)C(=O)N1CCN(c2ncc(Br)cn2)CC1. The fraction of sp³-hybridized carbons (Fsp3) is 0.389. The van der Waals surface area contributed by atoms with Gasteiger partial charge in [-0.1, -0.05) is 11.6 Å². The molecule has 6 nitrogen and oxygen atoms in total. The van der Waals surface area contributed by atoms with E-state index in [0.717, 1.165) is 10.0 Å². The van der Waals surface area contributed by atoms with Gasteiger partial charge in [-0.15, -0.1) is 0 Å². The zero-order valence-corrected chi connectivity index (χ0v) is 17.0. The molecule has 0 saturated carbocycles. The molecule has 138 valence electrons. The summed E-state index contributed by atoms with van der Waals surface area (Å²) in [4.78, 5) is 25.2. The molecule has 2 aromatic rings. The lowest BCUT2D eigenvalue weighted by atomic mass is 10.2. The Balaban J connectivity index is 1.56. The molecular formula is C18H20BrClN4O2. The monoisotopic (exact) mass is 438 g/mol. The van der Waals surface area contributed by atoms with E-state index in [0.29, 0.717) is 42.9 Å². The zero-order valence-electron chi connectivity index (χ0n) is 14.7. The lowest BCUT2D eigenvalue weighted by Gasteiger charge is -2.35. The van der Waals surface area contributed by atoms with Crippen LogP contribution in [0.2, 0.25) is 5.02 Å². The number of rotatable bonds is 4. The summed E-state index contributed by atoms with van der Waals surface area (Å²) in [5.74, 6) is 1.34. The van der Waals surface area contributed by atoms with Crippen molar-refractivity contribution in [2.24, 2.45) is 0 Å². The molecule has 2 heterocycles. The smallest absolute Gasteiger partial charge is 0.263 e. The number of amides is 1. The van der Waals surface area contributed by atoms with Crippen LogP contribution in [0.3, 0.4) is 0 Å². The molecule has 1 fully saturated rings. The number of carbonyl (C=O) groups excluding carboxylic acids is 1. The van der Waals surface area contributed by atoms with E-state index in [1.807, 2.05) is 17.9 Å². The molecule has 8 heteroatoms. The third-order valence-electron chi connectivity index (χ3n) is 4.27. The van der Waals surface area contributed by atoms with Crippen LogP contribution in [-0.2, 0) is 4.79 Å². The first-order valence-electron chi connectivity index (χ1n) is 8.38. The Bertz CT molecular complexity index is 779. The standard InChI is InChI=1S/C18H20BrClN4O2/c1-12-9-15(20)3-4-16(12)26-13(2)17(25)23-5-7-24(8-6-23)18-21-10-14(19)11-22-18/h3-4,9-11,13H,5-8H2,1-2H3. The molecule has 0 radical (unpaired) electrons. The Hall–Kier alpha value is -1.86. The number of aromatic nitrogens is 2. The summed E-state index contributed by atoms with van der Waals surface area (Å²) in [7, 11) is 0. The summed E-state index contributed by atoms with van der Waals surface area (Å²) < 4.78 is 6.69. The summed E-state index contributed by atoms with van der Waals surface area (Å²) in [5, 5.41) is 0.653. The van der Waals surface area contributed by atoms with Crippen molar-refractivity contribution in [3.63, 3.8) is 0 Å². The minimum atomic E-state index is -0.551. The summed E-state index contributed by atoms with van der Waals surface area (Å²) >= 11 is 9.29. The highest BCUT2D eigenvalue weighted by Crippen LogP contribution is 2.23.